The van der Waals surface area contributed by atoms with Gasteiger partial charge in [-0.15, -0.1) is 0 Å². The average Bonchev–Trinajstić information content (AvgIpc) is 2.54. The Morgan fingerprint density at radius 3 is 2.45 bits per heavy atom. The highest BCUT2D eigenvalue weighted by Crippen LogP contribution is 2.35. The molecule has 0 bridgehead atoms. The Bertz CT molecular complexity index is 724. The van der Waals surface area contributed by atoms with Crippen molar-refractivity contribution in [1.82, 2.24) is 4.90 Å². The predicted octanol–water partition coefficient (Wildman–Crippen LogP) is 2.89. The summed E-state index contributed by atoms with van der Waals surface area (Å²) < 4.78 is 13.2. The molecule has 22 heavy (non-hydrogen) atoms. The van der Waals surface area contributed by atoms with Gasteiger partial charge < -0.3 is 4.90 Å². The molecule has 0 radical (unpaired) electrons. The zero-order valence-electron chi connectivity index (χ0n) is 12.3. The summed E-state index contributed by atoms with van der Waals surface area (Å²) in [6.45, 7) is 1.77. The number of hydrogen-bond acceptors (Lipinski definition) is 2. The number of halogens is 1. The van der Waals surface area contributed by atoms with Crippen molar-refractivity contribution in [3.63, 3.8) is 0 Å². The van der Waals surface area contributed by atoms with Crippen LogP contribution in [-0.4, -0.2) is 23.1 Å². The SMILES string of the molecule is CC(=O)C(=O)N1CCc2ccccc2C1c1ccc(F)cc1. The summed E-state index contributed by atoms with van der Waals surface area (Å²) in [5.74, 6) is -1.30. The van der Waals surface area contributed by atoms with Gasteiger partial charge in [0.05, 0.1) is 6.04 Å². The van der Waals surface area contributed by atoms with Gasteiger partial charge in [0, 0.05) is 13.5 Å². The van der Waals surface area contributed by atoms with E-state index in [2.05, 4.69) is 0 Å². The third kappa shape index (κ3) is 2.52. The molecule has 1 amide bonds. The molecule has 2 aromatic carbocycles. The summed E-state index contributed by atoms with van der Waals surface area (Å²) in [6, 6.07) is 13.6. The second-order valence-corrected chi connectivity index (χ2v) is 5.46. The molecule has 4 heteroatoms. The van der Waals surface area contributed by atoms with E-state index in [1.165, 1.54) is 19.1 Å². The molecule has 2 aromatic rings. The molecule has 1 heterocycles. The molecule has 0 aliphatic carbocycles. The molecule has 1 aliphatic rings. The maximum Gasteiger partial charge on any atom is 0.290 e. The fourth-order valence-corrected chi connectivity index (χ4v) is 2.99. The van der Waals surface area contributed by atoms with Gasteiger partial charge in [0.2, 0.25) is 5.78 Å². The van der Waals surface area contributed by atoms with Crippen molar-refractivity contribution >= 4 is 11.7 Å². The fraction of sp³-hybridized carbons (Fsp3) is 0.222. The molecular formula is C18H16FNO2. The fourth-order valence-electron chi connectivity index (χ4n) is 2.99. The van der Waals surface area contributed by atoms with Crippen molar-refractivity contribution in [2.75, 3.05) is 6.54 Å². The third-order valence-electron chi connectivity index (χ3n) is 4.03. The number of carbonyl (C=O) groups excluding carboxylic acids is 2. The summed E-state index contributed by atoms with van der Waals surface area (Å²) in [7, 11) is 0. The number of benzene rings is 2. The Kier molecular flexibility index (Phi) is 3.75. The lowest BCUT2D eigenvalue weighted by Crippen LogP contribution is -2.43. The average molecular weight is 297 g/mol. The molecule has 0 saturated carbocycles. The van der Waals surface area contributed by atoms with E-state index < -0.39 is 11.7 Å². The normalized spacial score (nSPS) is 17.0. The number of hydrogen-bond donors (Lipinski definition) is 0. The van der Waals surface area contributed by atoms with Gasteiger partial charge in [-0.1, -0.05) is 36.4 Å². The first-order valence-corrected chi connectivity index (χ1v) is 7.22. The highest BCUT2D eigenvalue weighted by atomic mass is 19.1. The quantitative estimate of drug-likeness (QED) is 0.799. The Hall–Kier alpha value is -2.49. The van der Waals surface area contributed by atoms with E-state index >= 15 is 0 Å². The summed E-state index contributed by atoms with van der Waals surface area (Å²) in [5.41, 5.74) is 2.96. The Morgan fingerprint density at radius 1 is 1.09 bits per heavy atom. The Balaban J connectivity index is 2.11. The summed E-state index contributed by atoms with van der Waals surface area (Å²) in [4.78, 5) is 25.4. The number of Topliss-reactive ketones (excluding diaryl/α,β-unsaturated/α-hetero) is 1. The molecule has 3 rings (SSSR count). The minimum absolute atomic E-state index is 0.322. The van der Waals surface area contributed by atoms with Crippen LogP contribution in [-0.2, 0) is 16.0 Å². The van der Waals surface area contributed by atoms with E-state index in [0.717, 1.165) is 16.7 Å². The van der Waals surface area contributed by atoms with Gasteiger partial charge in [-0.3, -0.25) is 9.59 Å². The maximum atomic E-state index is 13.2. The number of rotatable bonds is 2. The summed E-state index contributed by atoms with van der Waals surface area (Å²) in [5, 5.41) is 0. The van der Waals surface area contributed by atoms with Crippen LogP contribution in [0.3, 0.4) is 0 Å². The predicted molar refractivity (Wildman–Crippen MR) is 80.8 cm³/mol. The lowest BCUT2D eigenvalue weighted by molar-refractivity contribution is -0.145. The van der Waals surface area contributed by atoms with Crippen LogP contribution in [0.25, 0.3) is 0 Å². The largest absolute Gasteiger partial charge is 0.325 e. The van der Waals surface area contributed by atoms with Gasteiger partial charge in [-0.05, 0) is 35.2 Å². The van der Waals surface area contributed by atoms with E-state index in [0.29, 0.717) is 13.0 Å². The summed E-state index contributed by atoms with van der Waals surface area (Å²) in [6.07, 6.45) is 0.715. The van der Waals surface area contributed by atoms with Gasteiger partial charge in [-0.2, -0.15) is 0 Å². The molecule has 1 atom stereocenters. The van der Waals surface area contributed by atoms with Crippen molar-refractivity contribution in [3.8, 4) is 0 Å². The first kappa shape index (κ1) is 14.4. The van der Waals surface area contributed by atoms with Crippen molar-refractivity contribution < 1.29 is 14.0 Å². The van der Waals surface area contributed by atoms with E-state index in [1.807, 2.05) is 24.3 Å². The molecule has 0 aromatic heterocycles. The first-order chi connectivity index (χ1) is 10.6. The molecular weight excluding hydrogens is 281 g/mol. The van der Waals surface area contributed by atoms with Gasteiger partial charge in [-0.25, -0.2) is 4.39 Å². The van der Waals surface area contributed by atoms with E-state index in [4.69, 9.17) is 0 Å². The standard InChI is InChI=1S/C18H16FNO2/c1-12(21)18(22)20-11-10-13-4-2-3-5-16(13)17(20)14-6-8-15(19)9-7-14/h2-9,17H,10-11H2,1H3. The second kappa shape index (κ2) is 5.72. The number of nitrogens with zero attached hydrogens (tertiary/aromatic N) is 1. The van der Waals surface area contributed by atoms with Crippen LogP contribution in [0, 0.1) is 5.82 Å². The lowest BCUT2D eigenvalue weighted by Gasteiger charge is -2.37. The number of ketones is 1. The van der Waals surface area contributed by atoms with Gasteiger partial charge in [0.15, 0.2) is 0 Å². The minimum Gasteiger partial charge on any atom is -0.325 e. The van der Waals surface area contributed by atoms with Crippen LogP contribution >= 0.6 is 0 Å². The molecule has 0 spiro atoms. The molecule has 112 valence electrons. The zero-order chi connectivity index (χ0) is 15.7. The molecule has 0 saturated heterocycles. The molecule has 1 unspecified atom stereocenters. The maximum absolute atomic E-state index is 13.2. The van der Waals surface area contributed by atoms with Crippen LogP contribution in [0.1, 0.15) is 29.7 Å². The topological polar surface area (TPSA) is 37.4 Å². The number of fused-ring (bicyclic) bond motifs is 1. The first-order valence-electron chi connectivity index (χ1n) is 7.22. The van der Waals surface area contributed by atoms with Crippen LogP contribution < -0.4 is 0 Å². The van der Waals surface area contributed by atoms with Crippen molar-refractivity contribution in [1.29, 1.82) is 0 Å². The summed E-state index contributed by atoms with van der Waals surface area (Å²) >= 11 is 0. The van der Waals surface area contributed by atoms with E-state index in [-0.39, 0.29) is 11.9 Å². The van der Waals surface area contributed by atoms with E-state index in [9.17, 15) is 14.0 Å². The van der Waals surface area contributed by atoms with Gasteiger partial charge >= 0.3 is 0 Å². The van der Waals surface area contributed by atoms with Crippen LogP contribution in [0.2, 0.25) is 0 Å². The van der Waals surface area contributed by atoms with Crippen LogP contribution in [0.4, 0.5) is 4.39 Å². The Morgan fingerprint density at radius 2 is 1.77 bits per heavy atom. The molecule has 1 aliphatic heterocycles. The second-order valence-electron chi connectivity index (χ2n) is 5.46. The Labute approximate surface area is 128 Å². The van der Waals surface area contributed by atoms with Gasteiger partial charge in [0.25, 0.3) is 5.91 Å². The third-order valence-corrected chi connectivity index (χ3v) is 4.03. The molecule has 3 nitrogen and oxygen atoms in total. The monoisotopic (exact) mass is 297 g/mol. The molecule has 0 N–H and O–H groups in total. The van der Waals surface area contributed by atoms with E-state index in [1.54, 1.807) is 17.0 Å². The van der Waals surface area contributed by atoms with Crippen molar-refractivity contribution in [3.05, 3.63) is 71.0 Å². The smallest absolute Gasteiger partial charge is 0.290 e. The number of carbonyl (C=O) groups is 2. The highest BCUT2D eigenvalue weighted by molar-refractivity contribution is 6.35. The lowest BCUT2D eigenvalue weighted by atomic mass is 9.88. The van der Waals surface area contributed by atoms with Crippen molar-refractivity contribution in [2.24, 2.45) is 0 Å². The van der Waals surface area contributed by atoms with Crippen molar-refractivity contribution in [2.45, 2.75) is 19.4 Å². The number of amides is 1. The minimum atomic E-state index is -0.496. The zero-order valence-corrected chi connectivity index (χ0v) is 12.3. The van der Waals surface area contributed by atoms with Crippen LogP contribution in [0.5, 0.6) is 0 Å². The van der Waals surface area contributed by atoms with Crippen LogP contribution in [0.15, 0.2) is 48.5 Å². The highest BCUT2D eigenvalue weighted by Gasteiger charge is 2.33. The molecule has 0 fully saturated rings. The van der Waals surface area contributed by atoms with Gasteiger partial charge in [0.1, 0.15) is 5.82 Å².